The Morgan fingerprint density at radius 1 is 1.32 bits per heavy atom. The molecule has 1 N–H and O–H groups in total. The molecule has 0 bridgehead atoms. The van der Waals surface area contributed by atoms with Crippen molar-refractivity contribution in [1.29, 1.82) is 0 Å². The molecule has 1 atom stereocenters. The quantitative estimate of drug-likeness (QED) is 0.907. The van der Waals surface area contributed by atoms with Crippen molar-refractivity contribution in [3.05, 3.63) is 18.0 Å². The second-order valence-electron chi connectivity index (χ2n) is 6.70. The first-order valence-electron chi connectivity index (χ1n) is 8.29. The molecule has 0 aromatic carbocycles. The van der Waals surface area contributed by atoms with Crippen molar-refractivity contribution in [2.45, 2.75) is 44.2 Å². The predicted octanol–water partition coefficient (Wildman–Crippen LogP) is 1.24. The van der Waals surface area contributed by atoms with Gasteiger partial charge in [0.15, 0.2) is 0 Å². The number of rotatable bonds is 4. The van der Waals surface area contributed by atoms with E-state index < -0.39 is 5.97 Å². The first-order chi connectivity index (χ1) is 10.6. The summed E-state index contributed by atoms with van der Waals surface area (Å²) in [5, 5.41) is 13.3. The van der Waals surface area contributed by atoms with E-state index in [0.29, 0.717) is 12.0 Å². The van der Waals surface area contributed by atoms with Gasteiger partial charge in [-0.2, -0.15) is 5.10 Å². The van der Waals surface area contributed by atoms with Gasteiger partial charge in [0, 0.05) is 24.7 Å². The number of nitrogens with zero attached hydrogens (tertiary/aromatic N) is 4. The standard InChI is InChI=1S/C16H26N4O2/c1-18-8-4-14(5-9-18)19-7-2-3-13(11-19)15-6-10-20(17-15)12-16(21)22/h6,10,13-14H,2-5,7-9,11-12H2,1H3,(H,21,22)/t13-/m0/s1. The van der Waals surface area contributed by atoms with Crippen LogP contribution in [0.2, 0.25) is 0 Å². The highest BCUT2D eigenvalue weighted by Gasteiger charge is 2.29. The lowest BCUT2D eigenvalue weighted by atomic mass is 9.92. The molecular weight excluding hydrogens is 280 g/mol. The Morgan fingerprint density at radius 2 is 2.09 bits per heavy atom. The number of aliphatic carboxylic acids is 1. The van der Waals surface area contributed by atoms with E-state index in [1.165, 1.54) is 43.6 Å². The zero-order chi connectivity index (χ0) is 15.5. The molecular formula is C16H26N4O2. The molecule has 3 heterocycles. The molecule has 0 aliphatic carbocycles. The van der Waals surface area contributed by atoms with Crippen LogP contribution in [0.25, 0.3) is 0 Å². The Morgan fingerprint density at radius 3 is 2.82 bits per heavy atom. The normalized spacial score (nSPS) is 25.4. The van der Waals surface area contributed by atoms with E-state index in [0.717, 1.165) is 18.7 Å². The van der Waals surface area contributed by atoms with E-state index in [-0.39, 0.29) is 6.54 Å². The summed E-state index contributed by atoms with van der Waals surface area (Å²) in [7, 11) is 2.20. The lowest BCUT2D eigenvalue weighted by Crippen LogP contribution is -2.47. The molecule has 2 aliphatic rings. The molecule has 0 radical (unpaired) electrons. The maximum Gasteiger partial charge on any atom is 0.325 e. The monoisotopic (exact) mass is 306 g/mol. The summed E-state index contributed by atoms with van der Waals surface area (Å²) in [5.41, 5.74) is 1.05. The zero-order valence-corrected chi connectivity index (χ0v) is 13.3. The minimum atomic E-state index is -0.841. The molecule has 22 heavy (non-hydrogen) atoms. The first-order valence-corrected chi connectivity index (χ1v) is 8.29. The maximum absolute atomic E-state index is 10.8. The minimum Gasteiger partial charge on any atom is -0.480 e. The second kappa shape index (κ2) is 6.79. The number of aromatic nitrogens is 2. The summed E-state index contributed by atoms with van der Waals surface area (Å²) >= 11 is 0. The van der Waals surface area contributed by atoms with Crippen molar-refractivity contribution >= 4 is 5.97 Å². The molecule has 0 unspecified atom stereocenters. The highest BCUT2D eigenvalue weighted by atomic mass is 16.4. The summed E-state index contributed by atoms with van der Waals surface area (Å²) in [5.74, 6) is -0.394. The fourth-order valence-corrected chi connectivity index (χ4v) is 3.76. The Bertz CT molecular complexity index is 508. The van der Waals surface area contributed by atoms with Gasteiger partial charge in [0.25, 0.3) is 0 Å². The molecule has 0 spiro atoms. The number of carboxylic acids is 1. The van der Waals surface area contributed by atoms with Gasteiger partial charge in [0.2, 0.25) is 0 Å². The summed E-state index contributed by atoms with van der Waals surface area (Å²) in [6.07, 6.45) is 6.68. The predicted molar refractivity (Wildman–Crippen MR) is 83.9 cm³/mol. The largest absolute Gasteiger partial charge is 0.480 e. The number of carboxylic acid groups (broad SMARTS) is 1. The number of piperidine rings is 2. The third-order valence-electron chi connectivity index (χ3n) is 5.03. The van der Waals surface area contributed by atoms with Gasteiger partial charge < -0.3 is 10.0 Å². The number of carbonyl (C=O) groups is 1. The summed E-state index contributed by atoms with van der Waals surface area (Å²) in [4.78, 5) is 15.8. The van der Waals surface area contributed by atoms with Crippen LogP contribution in [0.3, 0.4) is 0 Å². The van der Waals surface area contributed by atoms with Crippen molar-refractivity contribution in [3.8, 4) is 0 Å². The van der Waals surface area contributed by atoms with Crippen LogP contribution in [0, 0.1) is 0 Å². The third-order valence-corrected chi connectivity index (χ3v) is 5.03. The molecule has 3 rings (SSSR count). The molecule has 2 saturated heterocycles. The average Bonchev–Trinajstić information content (AvgIpc) is 2.96. The van der Waals surface area contributed by atoms with E-state index in [1.54, 1.807) is 6.20 Å². The van der Waals surface area contributed by atoms with Gasteiger partial charge in [-0.25, -0.2) is 0 Å². The van der Waals surface area contributed by atoms with E-state index >= 15 is 0 Å². The molecule has 2 aliphatic heterocycles. The smallest absolute Gasteiger partial charge is 0.325 e. The van der Waals surface area contributed by atoms with E-state index in [4.69, 9.17) is 5.11 Å². The Kier molecular flexibility index (Phi) is 4.78. The van der Waals surface area contributed by atoms with Crippen LogP contribution in [-0.4, -0.2) is 69.9 Å². The van der Waals surface area contributed by atoms with Gasteiger partial charge in [-0.3, -0.25) is 14.4 Å². The molecule has 0 amide bonds. The highest BCUT2D eigenvalue weighted by molar-refractivity contribution is 5.66. The first kappa shape index (κ1) is 15.5. The molecule has 122 valence electrons. The molecule has 6 nitrogen and oxygen atoms in total. The molecule has 1 aromatic rings. The fourth-order valence-electron chi connectivity index (χ4n) is 3.76. The highest BCUT2D eigenvalue weighted by Crippen LogP contribution is 2.29. The van der Waals surface area contributed by atoms with Gasteiger partial charge in [-0.1, -0.05) is 0 Å². The molecule has 2 fully saturated rings. The zero-order valence-electron chi connectivity index (χ0n) is 13.3. The Balaban J connectivity index is 1.60. The van der Waals surface area contributed by atoms with Crippen molar-refractivity contribution in [3.63, 3.8) is 0 Å². The summed E-state index contributed by atoms with van der Waals surface area (Å²) in [6, 6.07) is 2.70. The second-order valence-corrected chi connectivity index (χ2v) is 6.70. The number of hydrogen-bond donors (Lipinski definition) is 1. The van der Waals surface area contributed by atoms with Gasteiger partial charge >= 0.3 is 5.97 Å². The minimum absolute atomic E-state index is 0.0502. The lowest BCUT2D eigenvalue weighted by molar-refractivity contribution is -0.137. The average molecular weight is 306 g/mol. The van der Waals surface area contributed by atoms with Crippen LogP contribution < -0.4 is 0 Å². The van der Waals surface area contributed by atoms with E-state index in [1.807, 2.05) is 6.07 Å². The van der Waals surface area contributed by atoms with Crippen LogP contribution in [0.5, 0.6) is 0 Å². The van der Waals surface area contributed by atoms with Gasteiger partial charge in [0.1, 0.15) is 6.54 Å². The van der Waals surface area contributed by atoms with E-state index in [2.05, 4.69) is 21.9 Å². The van der Waals surface area contributed by atoms with Crippen LogP contribution in [0.4, 0.5) is 0 Å². The topological polar surface area (TPSA) is 61.6 Å². The summed E-state index contributed by atoms with van der Waals surface area (Å²) < 4.78 is 1.53. The third kappa shape index (κ3) is 3.67. The lowest BCUT2D eigenvalue weighted by Gasteiger charge is -2.41. The van der Waals surface area contributed by atoms with Gasteiger partial charge in [-0.15, -0.1) is 0 Å². The van der Waals surface area contributed by atoms with E-state index in [9.17, 15) is 4.79 Å². The Labute approximate surface area is 131 Å². The van der Waals surface area contributed by atoms with Gasteiger partial charge in [0.05, 0.1) is 5.69 Å². The van der Waals surface area contributed by atoms with Crippen molar-refractivity contribution in [1.82, 2.24) is 19.6 Å². The van der Waals surface area contributed by atoms with Crippen LogP contribution in [0.15, 0.2) is 12.3 Å². The van der Waals surface area contributed by atoms with Crippen LogP contribution in [-0.2, 0) is 11.3 Å². The fraction of sp³-hybridized carbons (Fsp3) is 0.750. The summed E-state index contributed by atoms with van der Waals surface area (Å²) in [6.45, 7) is 4.60. The van der Waals surface area contributed by atoms with Crippen LogP contribution in [0.1, 0.15) is 37.3 Å². The molecule has 1 aromatic heterocycles. The van der Waals surface area contributed by atoms with Crippen LogP contribution >= 0.6 is 0 Å². The van der Waals surface area contributed by atoms with Crippen molar-refractivity contribution in [2.24, 2.45) is 0 Å². The van der Waals surface area contributed by atoms with Gasteiger partial charge in [-0.05, 0) is 58.4 Å². The Hall–Kier alpha value is -1.40. The molecule has 0 saturated carbocycles. The number of likely N-dealkylation sites (tertiary alicyclic amines) is 2. The van der Waals surface area contributed by atoms with Crippen molar-refractivity contribution < 1.29 is 9.90 Å². The number of hydrogen-bond acceptors (Lipinski definition) is 4. The molecule has 6 heteroatoms. The van der Waals surface area contributed by atoms with Crippen molar-refractivity contribution in [2.75, 3.05) is 33.2 Å². The SMILES string of the molecule is CN1CCC(N2CCC[C@H](c3ccn(CC(=O)O)n3)C2)CC1. The maximum atomic E-state index is 10.8.